The van der Waals surface area contributed by atoms with Crippen molar-refractivity contribution in [3.63, 3.8) is 0 Å². The van der Waals surface area contributed by atoms with Crippen LogP contribution in [0.25, 0.3) is 10.9 Å². The van der Waals surface area contributed by atoms with Crippen LogP contribution in [-0.4, -0.2) is 29.1 Å². The fraction of sp³-hybridized carbons (Fsp3) is 0.273. The van der Waals surface area contributed by atoms with Crippen molar-refractivity contribution in [2.75, 3.05) is 13.2 Å². The number of nitrogens with zero attached hydrogens (tertiary/aromatic N) is 4. The van der Waals surface area contributed by atoms with Gasteiger partial charge in [0, 0.05) is 20.9 Å². The molecule has 7 nitrogen and oxygen atoms in total. The molecule has 0 spiro atoms. The molecule has 0 amide bonds. The summed E-state index contributed by atoms with van der Waals surface area (Å²) >= 11 is 10.4. The van der Waals surface area contributed by atoms with Crippen LogP contribution in [0.4, 0.5) is 0 Å². The van der Waals surface area contributed by atoms with Crippen LogP contribution in [0.2, 0.25) is 0 Å². The number of hydrogen-bond donors (Lipinski definition) is 0. The van der Waals surface area contributed by atoms with Crippen LogP contribution < -0.4 is 15.0 Å². The maximum Gasteiger partial charge on any atom is 0.282 e. The van der Waals surface area contributed by atoms with Gasteiger partial charge in [-0.1, -0.05) is 22.9 Å². The SMILES string of the molecule is CCCc1nc2ccc(Br)cc2c(=O)n1N=Cc1cc(OCC)c(OCC#N)c(Br)c1Br. The molecule has 0 atom stereocenters. The van der Waals surface area contributed by atoms with Gasteiger partial charge in [0.15, 0.2) is 18.1 Å². The van der Waals surface area contributed by atoms with Crippen molar-refractivity contribution in [2.24, 2.45) is 5.10 Å². The highest BCUT2D eigenvalue weighted by molar-refractivity contribution is 9.13. The minimum absolute atomic E-state index is 0.118. The minimum Gasteiger partial charge on any atom is -0.490 e. The number of rotatable bonds is 8. The Morgan fingerprint density at radius 3 is 2.66 bits per heavy atom. The second-order valence-corrected chi connectivity index (χ2v) is 9.10. The van der Waals surface area contributed by atoms with Gasteiger partial charge in [-0.15, -0.1) is 0 Å². The topological polar surface area (TPSA) is 89.5 Å². The summed E-state index contributed by atoms with van der Waals surface area (Å²) in [6, 6.07) is 9.11. The zero-order chi connectivity index (χ0) is 23.3. The molecule has 10 heteroatoms. The molecule has 0 saturated heterocycles. The third kappa shape index (κ3) is 5.22. The normalized spacial score (nSPS) is 11.1. The van der Waals surface area contributed by atoms with E-state index in [0.717, 1.165) is 10.9 Å². The van der Waals surface area contributed by atoms with Crippen molar-refractivity contribution in [1.82, 2.24) is 9.66 Å². The number of aromatic nitrogens is 2. The first-order valence-electron chi connectivity index (χ1n) is 9.81. The Bertz CT molecular complexity index is 1280. The summed E-state index contributed by atoms with van der Waals surface area (Å²) in [4.78, 5) is 17.8. The van der Waals surface area contributed by atoms with E-state index < -0.39 is 0 Å². The zero-order valence-electron chi connectivity index (χ0n) is 17.4. The molecule has 0 aliphatic heterocycles. The number of nitriles is 1. The predicted molar refractivity (Wildman–Crippen MR) is 135 cm³/mol. The van der Waals surface area contributed by atoms with Crippen LogP contribution in [0.5, 0.6) is 11.5 Å². The van der Waals surface area contributed by atoms with Crippen LogP contribution in [-0.2, 0) is 6.42 Å². The molecule has 0 saturated carbocycles. The van der Waals surface area contributed by atoms with Gasteiger partial charge in [-0.3, -0.25) is 4.79 Å². The van der Waals surface area contributed by atoms with E-state index in [1.54, 1.807) is 18.3 Å². The third-order valence-corrected chi connectivity index (χ3v) is 7.03. The molecule has 3 aromatic rings. The molecule has 166 valence electrons. The molecular weight excluding hydrogens is 608 g/mol. The highest BCUT2D eigenvalue weighted by Crippen LogP contribution is 2.42. The van der Waals surface area contributed by atoms with E-state index in [1.807, 2.05) is 32.0 Å². The lowest BCUT2D eigenvalue weighted by Gasteiger charge is -2.15. The summed E-state index contributed by atoms with van der Waals surface area (Å²) in [5, 5.41) is 13.8. The highest BCUT2D eigenvalue weighted by Gasteiger charge is 2.17. The Hall–Kier alpha value is -2.22. The van der Waals surface area contributed by atoms with Gasteiger partial charge in [-0.2, -0.15) is 15.0 Å². The first kappa shape index (κ1) is 24.4. The van der Waals surface area contributed by atoms with Crippen molar-refractivity contribution in [3.8, 4) is 17.6 Å². The van der Waals surface area contributed by atoms with Gasteiger partial charge in [-0.25, -0.2) is 4.98 Å². The molecular formula is C22H19Br3N4O3. The average Bonchev–Trinajstić information content (AvgIpc) is 2.77. The van der Waals surface area contributed by atoms with E-state index >= 15 is 0 Å². The molecule has 0 N–H and O–H groups in total. The predicted octanol–water partition coefficient (Wildman–Crippen LogP) is 5.82. The molecule has 1 aromatic heterocycles. The van der Waals surface area contributed by atoms with Crippen LogP contribution in [0, 0.1) is 11.3 Å². The van der Waals surface area contributed by atoms with Crippen molar-refractivity contribution < 1.29 is 9.47 Å². The van der Waals surface area contributed by atoms with E-state index in [-0.39, 0.29) is 12.2 Å². The Morgan fingerprint density at radius 2 is 1.97 bits per heavy atom. The second-order valence-electron chi connectivity index (χ2n) is 6.60. The van der Waals surface area contributed by atoms with Crippen molar-refractivity contribution in [1.29, 1.82) is 5.26 Å². The molecule has 0 unspecified atom stereocenters. The van der Waals surface area contributed by atoms with Crippen LogP contribution >= 0.6 is 47.8 Å². The smallest absolute Gasteiger partial charge is 0.282 e. The van der Waals surface area contributed by atoms with E-state index in [4.69, 9.17) is 14.7 Å². The van der Waals surface area contributed by atoms with E-state index in [1.165, 1.54) is 4.68 Å². The molecule has 0 bridgehead atoms. The van der Waals surface area contributed by atoms with Crippen LogP contribution in [0.3, 0.4) is 0 Å². The number of aryl methyl sites for hydroxylation is 1. The summed E-state index contributed by atoms with van der Waals surface area (Å²) in [6.07, 6.45) is 2.99. The summed E-state index contributed by atoms with van der Waals surface area (Å²) in [5.41, 5.74) is 1.05. The molecule has 32 heavy (non-hydrogen) atoms. The van der Waals surface area contributed by atoms with Crippen molar-refractivity contribution >= 4 is 64.9 Å². The maximum atomic E-state index is 13.2. The molecule has 2 aromatic carbocycles. The summed E-state index contributed by atoms with van der Waals surface area (Å²) in [7, 11) is 0. The number of ether oxygens (including phenoxy) is 2. The fourth-order valence-electron chi connectivity index (χ4n) is 3.02. The summed E-state index contributed by atoms with van der Waals surface area (Å²) in [6.45, 7) is 4.17. The van der Waals surface area contributed by atoms with Gasteiger partial charge >= 0.3 is 0 Å². The van der Waals surface area contributed by atoms with Gasteiger partial charge < -0.3 is 9.47 Å². The van der Waals surface area contributed by atoms with Gasteiger partial charge in [0.05, 0.1) is 28.2 Å². The van der Waals surface area contributed by atoms with E-state index in [0.29, 0.717) is 55.8 Å². The zero-order valence-corrected chi connectivity index (χ0v) is 22.1. The van der Waals surface area contributed by atoms with Gasteiger partial charge in [0.25, 0.3) is 5.56 Å². The van der Waals surface area contributed by atoms with Gasteiger partial charge in [-0.05, 0) is 69.5 Å². The Morgan fingerprint density at radius 1 is 1.19 bits per heavy atom. The van der Waals surface area contributed by atoms with E-state index in [9.17, 15) is 4.79 Å². The monoisotopic (exact) mass is 624 g/mol. The Kier molecular flexibility index (Phi) is 8.45. The van der Waals surface area contributed by atoms with Crippen LogP contribution in [0.1, 0.15) is 31.7 Å². The van der Waals surface area contributed by atoms with E-state index in [2.05, 4.69) is 57.9 Å². The van der Waals surface area contributed by atoms with Gasteiger partial charge in [0.1, 0.15) is 11.9 Å². The van der Waals surface area contributed by atoms with Crippen molar-refractivity contribution in [3.05, 3.63) is 59.4 Å². The molecule has 3 rings (SSSR count). The lowest BCUT2D eigenvalue weighted by molar-refractivity contribution is 0.297. The largest absolute Gasteiger partial charge is 0.490 e. The first-order chi connectivity index (χ1) is 15.4. The standard InChI is InChI=1S/C22H19Br3N4O3/c1-3-5-18-28-16-7-6-14(23)11-15(16)22(30)29(18)27-12-13-10-17(31-4-2)21(32-9-8-26)20(25)19(13)24/h6-7,10-12H,3-5,9H2,1-2H3. The molecule has 0 aliphatic carbocycles. The number of fused-ring (bicyclic) bond motifs is 1. The first-order valence-corrected chi connectivity index (χ1v) is 12.2. The maximum absolute atomic E-state index is 13.2. The lowest BCUT2D eigenvalue weighted by atomic mass is 10.2. The average molecular weight is 627 g/mol. The highest BCUT2D eigenvalue weighted by atomic mass is 79.9. The quantitative estimate of drug-likeness (QED) is 0.294. The number of halogens is 3. The minimum atomic E-state index is -0.245. The summed E-state index contributed by atoms with van der Waals surface area (Å²) < 4.78 is 14.6. The Balaban J connectivity index is 2.14. The fourth-order valence-corrected chi connectivity index (χ4v) is 4.32. The number of hydrogen-bond acceptors (Lipinski definition) is 6. The van der Waals surface area contributed by atoms with Gasteiger partial charge in [0.2, 0.25) is 0 Å². The molecule has 0 fully saturated rings. The molecule has 0 radical (unpaired) electrons. The molecule has 0 aliphatic rings. The molecule has 1 heterocycles. The second kappa shape index (κ2) is 11.1. The third-order valence-electron chi connectivity index (χ3n) is 4.40. The lowest BCUT2D eigenvalue weighted by Crippen LogP contribution is -2.22. The van der Waals surface area contributed by atoms with Crippen molar-refractivity contribution in [2.45, 2.75) is 26.7 Å². The number of benzene rings is 2. The Labute approximate surface area is 210 Å². The summed E-state index contributed by atoms with van der Waals surface area (Å²) in [5.74, 6) is 1.46. The van der Waals surface area contributed by atoms with Crippen LogP contribution in [0.15, 0.2) is 47.6 Å².